The van der Waals surface area contributed by atoms with Gasteiger partial charge in [-0.25, -0.2) is 0 Å². The Bertz CT molecular complexity index is 932. The molecule has 3 rings (SSSR count). The quantitative estimate of drug-likeness (QED) is 0.251. The van der Waals surface area contributed by atoms with Crippen molar-refractivity contribution in [1.29, 1.82) is 0 Å². The third-order valence-corrected chi connectivity index (χ3v) is 4.73. The minimum Gasteiger partial charge on any atom is -0.370 e. The minimum absolute atomic E-state index is 0.784. The van der Waals surface area contributed by atoms with Crippen LogP contribution < -0.4 is 4.90 Å². The molecule has 0 aliphatic rings. The van der Waals surface area contributed by atoms with E-state index in [0.717, 1.165) is 42.3 Å². The van der Waals surface area contributed by atoms with E-state index < -0.39 is 0 Å². The zero-order chi connectivity index (χ0) is 21.0. The smallest absolute Gasteiger partial charge is 0.0858 e. The molecule has 154 valence electrons. The molecular weight excluding hydrogens is 370 g/mol. The zero-order valence-corrected chi connectivity index (χ0v) is 17.8. The highest BCUT2D eigenvalue weighted by molar-refractivity contribution is 5.53. The van der Waals surface area contributed by atoms with Crippen LogP contribution in [0, 0.1) is 0 Å². The average molecular weight is 400 g/mol. The molecule has 0 atom stereocenters. The molecule has 5 nitrogen and oxygen atoms in total. The number of nitrogens with zero attached hydrogens (tertiary/aromatic N) is 5. The second kappa shape index (κ2) is 11.6. The van der Waals surface area contributed by atoms with Crippen molar-refractivity contribution in [3.8, 4) is 0 Å². The van der Waals surface area contributed by atoms with Crippen LogP contribution in [0.25, 0.3) is 0 Å². The molecule has 3 aromatic carbocycles. The number of unbranched alkanes of at least 4 members (excludes halogenated alkanes) is 2. The largest absolute Gasteiger partial charge is 0.370 e. The van der Waals surface area contributed by atoms with E-state index in [4.69, 9.17) is 0 Å². The van der Waals surface area contributed by atoms with E-state index in [9.17, 15) is 0 Å². The topological polar surface area (TPSA) is 52.7 Å². The van der Waals surface area contributed by atoms with Crippen LogP contribution in [0.5, 0.6) is 0 Å². The highest BCUT2D eigenvalue weighted by Crippen LogP contribution is 2.24. The maximum Gasteiger partial charge on any atom is 0.0858 e. The van der Waals surface area contributed by atoms with Crippen molar-refractivity contribution in [3.05, 3.63) is 84.4 Å². The lowest BCUT2D eigenvalue weighted by Gasteiger charge is -2.19. The SMILES string of the molecule is CCCCC/N=N/c1ccc(/N=N/c2ccc(N(C)Cc3ccccc3)cc2)cc1. The van der Waals surface area contributed by atoms with Gasteiger partial charge in [-0.15, -0.1) is 0 Å². The first-order valence-electron chi connectivity index (χ1n) is 10.5. The van der Waals surface area contributed by atoms with Crippen molar-refractivity contribution < 1.29 is 0 Å². The van der Waals surface area contributed by atoms with Crippen LogP contribution in [0.3, 0.4) is 0 Å². The molecule has 0 amide bonds. The Morgan fingerprint density at radius 1 is 0.667 bits per heavy atom. The molecule has 0 radical (unpaired) electrons. The van der Waals surface area contributed by atoms with Crippen molar-refractivity contribution in [2.24, 2.45) is 20.5 Å². The van der Waals surface area contributed by atoms with Gasteiger partial charge in [-0.05, 0) is 60.5 Å². The van der Waals surface area contributed by atoms with Crippen molar-refractivity contribution in [1.82, 2.24) is 0 Å². The molecule has 0 saturated carbocycles. The van der Waals surface area contributed by atoms with Crippen molar-refractivity contribution >= 4 is 22.7 Å². The maximum atomic E-state index is 4.34. The van der Waals surface area contributed by atoms with Gasteiger partial charge in [-0.2, -0.15) is 20.5 Å². The van der Waals surface area contributed by atoms with Crippen molar-refractivity contribution in [2.75, 3.05) is 18.5 Å². The Morgan fingerprint density at radius 2 is 1.23 bits per heavy atom. The Balaban J connectivity index is 1.53. The van der Waals surface area contributed by atoms with Crippen LogP contribution in [0.4, 0.5) is 22.7 Å². The maximum absolute atomic E-state index is 4.34. The molecule has 0 unspecified atom stereocenters. The van der Waals surface area contributed by atoms with Crippen LogP contribution in [0.15, 0.2) is 99.3 Å². The van der Waals surface area contributed by atoms with E-state index >= 15 is 0 Å². The zero-order valence-electron chi connectivity index (χ0n) is 17.8. The van der Waals surface area contributed by atoms with Crippen LogP contribution in [0.2, 0.25) is 0 Å². The Labute approximate surface area is 179 Å². The molecule has 0 aliphatic heterocycles. The number of azo groups is 2. The first-order chi connectivity index (χ1) is 14.7. The van der Waals surface area contributed by atoms with Crippen LogP contribution in [-0.2, 0) is 6.54 Å². The predicted octanol–water partition coefficient (Wildman–Crippen LogP) is 8.01. The third kappa shape index (κ3) is 6.92. The lowest BCUT2D eigenvalue weighted by Crippen LogP contribution is -2.15. The van der Waals surface area contributed by atoms with Gasteiger partial charge in [-0.3, -0.25) is 0 Å². The highest BCUT2D eigenvalue weighted by Gasteiger charge is 2.02. The van der Waals surface area contributed by atoms with Crippen LogP contribution >= 0.6 is 0 Å². The molecule has 0 N–H and O–H groups in total. The molecule has 0 aliphatic carbocycles. The van der Waals surface area contributed by atoms with Gasteiger partial charge in [0.1, 0.15) is 0 Å². The summed E-state index contributed by atoms with van der Waals surface area (Å²) in [5.74, 6) is 0. The molecule has 3 aromatic rings. The summed E-state index contributed by atoms with van der Waals surface area (Å²) in [7, 11) is 2.09. The molecule has 0 fully saturated rings. The lowest BCUT2D eigenvalue weighted by molar-refractivity contribution is 0.713. The monoisotopic (exact) mass is 399 g/mol. The lowest BCUT2D eigenvalue weighted by atomic mass is 10.2. The van der Waals surface area contributed by atoms with E-state index in [1.807, 2.05) is 42.5 Å². The summed E-state index contributed by atoms with van der Waals surface area (Å²) in [6.07, 6.45) is 3.48. The summed E-state index contributed by atoms with van der Waals surface area (Å²) < 4.78 is 0. The summed E-state index contributed by atoms with van der Waals surface area (Å²) >= 11 is 0. The third-order valence-electron chi connectivity index (χ3n) is 4.73. The number of benzene rings is 3. The van der Waals surface area contributed by atoms with Crippen molar-refractivity contribution in [3.63, 3.8) is 0 Å². The highest BCUT2D eigenvalue weighted by atomic mass is 15.1. The summed E-state index contributed by atoms with van der Waals surface area (Å²) in [6, 6.07) is 26.2. The fourth-order valence-corrected chi connectivity index (χ4v) is 2.99. The van der Waals surface area contributed by atoms with Gasteiger partial charge in [-0.1, -0.05) is 50.1 Å². The number of rotatable bonds is 10. The molecule has 30 heavy (non-hydrogen) atoms. The number of anilines is 1. The van der Waals surface area contributed by atoms with Crippen LogP contribution in [0.1, 0.15) is 31.7 Å². The fraction of sp³-hybridized carbons (Fsp3) is 0.280. The molecule has 0 spiro atoms. The Morgan fingerprint density at radius 3 is 1.83 bits per heavy atom. The van der Waals surface area contributed by atoms with Gasteiger partial charge in [0.15, 0.2) is 0 Å². The summed E-state index contributed by atoms with van der Waals surface area (Å²) in [5, 5.41) is 17.1. The first-order valence-corrected chi connectivity index (χ1v) is 10.5. The minimum atomic E-state index is 0.784. The normalized spacial score (nSPS) is 11.4. The molecule has 0 heterocycles. The first kappa shape index (κ1) is 21.4. The fourth-order valence-electron chi connectivity index (χ4n) is 2.99. The van der Waals surface area contributed by atoms with Gasteiger partial charge in [0.05, 0.1) is 23.6 Å². The van der Waals surface area contributed by atoms with Crippen LogP contribution in [-0.4, -0.2) is 13.6 Å². The predicted molar refractivity (Wildman–Crippen MR) is 125 cm³/mol. The summed E-state index contributed by atoms with van der Waals surface area (Å²) in [6.45, 7) is 3.83. The molecule has 0 bridgehead atoms. The average Bonchev–Trinajstić information content (AvgIpc) is 2.79. The second-order valence-corrected chi connectivity index (χ2v) is 7.25. The standard InChI is InChI=1S/C25H29N5/c1-3-4-8-19-26-27-22-11-13-23(14-12-22)28-29-24-15-17-25(18-16-24)30(2)20-21-9-6-5-7-10-21/h5-7,9-18H,3-4,8,19-20H2,1-2H3/b27-26+,29-28+. The van der Waals surface area contributed by atoms with E-state index in [0.29, 0.717) is 0 Å². The van der Waals surface area contributed by atoms with E-state index in [2.05, 4.69) is 75.7 Å². The second-order valence-electron chi connectivity index (χ2n) is 7.25. The Kier molecular flexibility index (Phi) is 8.27. The van der Waals surface area contributed by atoms with Crippen molar-refractivity contribution in [2.45, 2.75) is 32.7 Å². The summed E-state index contributed by atoms with van der Waals surface area (Å²) in [5.41, 5.74) is 4.90. The molecule has 5 heteroatoms. The summed E-state index contributed by atoms with van der Waals surface area (Å²) in [4.78, 5) is 2.21. The van der Waals surface area contributed by atoms with Gasteiger partial charge < -0.3 is 4.90 Å². The number of hydrogen-bond acceptors (Lipinski definition) is 5. The van der Waals surface area contributed by atoms with E-state index in [-0.39, 0.29) is 0 Å². The number of hydrogen-bond donors (Lipinski definition) is 0. The molecule has 0 saturated heterocycles. The van der Waals surface area contributed by atoms with E-state index in [1.54, 1.807) is 0 Å². The van der Waals surface area contributed by atoms with E-state index in [1.165, 1.54) is 18.4 Å². The molecular formula is C25H29N5. The van der Waals surface area contributed by atoms with Gasteiger partial charge in [0, 0.05) is 19.3 Å². The van der Waals surface area contributed by atoms with Gasteiger partial charge >= 0.3 is 0 Å². The molecule has 0 aromatic heterocycles. The van der Waals surface area contributed by atoms with Gasteiger partial charge in [0.2, 0.25) is 0 Å². The Hall–Kier alpha value is -3.34. The van der Waals surface area contributed by atoms with Gasteiger partial charge in [0.25, 0.3) is 0 Å².